The van der Waals surface area contributed by atoms with Gasteiger partial charge in [0.25, 0.3) is 0 Å². The molecule has 0 bridgehead atoms. The highest BCUT2D eigenvalue weighted by Gasteiger charge is 2.21. The van der Waals surface area contributed by atoms with Crippen LogP contribution in [-0.4, -0.2) is 15.0 Å². The van der Waals surface area contributed by atoms with Gasteiger partial charge in [-0.3, -0.25) is 4.31 Å². The minimum absolute atomic E-state index is 0.0273. The molecule has 0 aromatic heterocycles. The van der Waals surface area contributed by atoms with Crippen LogP contribution in [0.2, 0.25) is 0 Å². The Labute approximate surface area is 131 Å². The number of rotatable bonds is 6. The normalized spacial score (nSPS) is 11.3. The zero-order chi connectivity index (χ0) is 15.3. The molecule has 5 heteroatoms. The Hall–Kier alpha value is -1.52. The highest BCUT2D eigenvalue weighted by atomic mass is 35.5. The molecule has 2 aromatic rings. The number of para-hydroxylation sites is 1. The number of hydrogen-bond acceptors (Lipinski definition) is 2. The molecule has 0 saturated carbocycles. The molecule has 112 valence electrons. The van der Waals surface area contributed by atoms with Crippen LogP contribution in [-0.2, 0) is 21.7 Å². The van der Waals surface area contributed by atoms with Crippen molar-refractivity contribution >= 4 is 27.3 Å². The Bertz CT molecular complexity index is 686. The zero-order valence-electron chi connectivity index (χ0n) is 11.9. The van der Waals surface area contributed by atoms with Crippen LogP contribution >= 0.6 is 11.6 Å². The topological polar surface area (TPSA) is 37.4 Å². The standard InChI is InChI=1S/C16H18ClNO2S/c1-2-18(16-9-4-3-5-10-16)21(19,20)13-15-8-6-7-14(11-15)12-17/h3-11H,2,12-13H2,1H3. The molecule has 0 heterocycles. The molecule has 0 saturated heterocycles. The third kappa shape index (κ3) is 3.99. The van der Waals surface area contributed by atoms with Gasteiger partial charge >= 0.3 is 0 Å². The summed E-state index contributed by atoms with van der Waals surface area (Å²) in [6.07, 6.45) is 0. The first-order chi connectivity index (χ1) is 10.1. The molecule has 0 spiro atoms. The Morgan fingerprint density at radius 2 is 1.67 bits per heavy atom. The molecule has 2 rings (SSSR count). The van der Waals surface area contributed by atoms with Crippen molar-refractivity contribution in [3.05, 3.63) is 65.7 Å². The third-order valence-electron chi connectivity index (χ3n) is 3.16. The van der Waals surface area contributed by atoms with E-state index in [4.69, 9.17) is 11.6 Å². The predicted octanol–water partition coefficient (Wildman–Crippen LogP) is 3.78. The van der Waals surface area contributed by atoms with Crippen molar-refractivity contribution in [2.24, 2.45) is 0 Å². The number of alkyl halides is 1. The van der Waals surface area contributed by atoms with Crippen LogP contribution in [0, 0.1) is 0 Å². The van der Waals surface area contributed by atoms with Gasteiger partial charge in [0.05, 0.1) is 11.4 Å². The van der Waals surface area contributed by atoms with Crippen molar-refractivity contribution in [1.82, 2.24) is 0 Å². The molecule has 0 amide bonds. The summed E-state index contributed by atoms with van der Waals surface area (Å²) in [5.41, 5.74) is 2.36. The Morgan fingerprint density at radius 3 is 2.29 bits per heavy atom. The van der Waals surface area contributed by atoms with Crippen LogP contribution in [0.15, 0.2) is 54.6 Å². The maximum absolute atomic E-state index is 12.6. The highest BCUT2D eigenvalue weighted by molar-refractivity contribution is 7.92. The molecule has 21 heavy (non-hydrogen) atoms. The second-order valence-electron chi connectivity index (χ2n) is 4.71. The summed E-state index contributed by atoms with van der Waals surface area (Å²) in [6.45, 7) is 2.24. The van der Waals surface area contributed by atoms with Crippen molar-refractivity contribution in [2.75, 3.05) is 10.8 Å². The van der Waals surface area contributed by atoms with Crippen LogP contribution in [0.3, 0.4) is 0 Å². The monoisotopic (exact) mass is 323 g/mol. The summed E-state index contributed by atoms with van der Waals surface area (Å²) >= 11 is 5.80. The Balaban J connectivity index is 2.28. The molecule has 0 atom stereocenters. The fourth-order valence-corrected chi connectivity index (χ4v) is 3.98. The molecule has 0 aliphatic carbocycles. The van der Waals surface area contributed by atoms with Crippen molar-refractivity contribution < 1.29 is 8.42 Å². The Kier molecular flexibility index (Phi) is 5.26. The van der Waals surface area contributed by atoms with Crippen molar-refractivity contribution in [3.63, 3.8) is 0 Å². The quantitative estimate of drug-likeness (QED) is 0.759. The summed E-state index contributed by atoms with van der Waals surface area (Å²) in [6, 6.07) is 16.5. The number of benzene rings is 2. The molecule has 0 aliphatic heterocycles. The first-order valence-corrected chi connectivity index (χ1v) is 8.90. The van der Waals surface area contributed by atoms with E-state index in [9.17, 15) is 8.42 Å². The van der Waals surface area contributed by atoms with Gasteiger partial charge < -0.3 is 0 Å². The van der Waals surface area contributed by atoms with Gasteiger partial charge in [-0.1, -0.05) is 42.5 Å². The number of nitrogens with zero attached hydrogens (tertiary/aromatic N) is 1. The van der Waals surface area contributed by atoms with E-state index in [1.54, 1.807) is 12.1 Å². The number of hydrogen-bond donors (Lipinski definition) is 0. The SMILES string of the molecule is CCN(c1ccccc1)S(=O)(=O)Cc1cccc(CCl)c1. The van der Waals surface area contributed by atoms with E-state index in [-0.39, 0.29) is 5.75 Å². The van der Waals surface area contributed by atoms with Crippen LogP contribution in [0.25, 0.3) is 0 Å². The number of anilines is 1. The van der Waals surface area contributed by atoms with E-state index in [0.29, 0.717) is 18.1 Å². The van der Waals surface area contributed by atoms with Crippen molar-refractivity contribution in [1.29, 1.82) is 0 Å². The number of halogens is 1. The van der Waals surface area contributed by atoms with Crippen molar-refractivity contribution in [2.45, 2.75) is 18.6 Å². The number of sulfonamides is 1. The molecule has 0 fully saturated rings. The molecule has 3 nitrogen and oxygen atoms in total. The van der Waals surface area contributed by atoms with Gasteiger partial charge in [0.15, 0.2) is 0 Å². The van der Waals surface area contributed by atoms with E-state index < -0.39 is 10.0 Å². The fraction of sp³-hybridized carbons (Fsp3) is 0.250. The summed E-state index contributed by atoms with van der Waals surface area (Å²) in [5, 5.41) is 0. The molecule has 0 N–H and O–H groups in total. The lowest BCUT2D eigenvalue weighted by molar-refractivity contribution is 0.591. The maximum Gasteiger partial charge on any atom is 0.239 e. The minimum Gasteiger partial charge on any atom is -0.270 e. The summed E-state index contributed by atoms with van der Waals surface area (Å²) in [4.78, 5) is 0. The molecular formula is C16H18ClNO2S. The average molecular weight is 324 g/mol. The van der Waals surface area contributed by atoms with Gasteiger partial charge in [0.1, 0.15) is 0 Å². The Morgan fingerprint density at radius 1 is 1.00 bits per heavy atom. The molecule has 0 aliphatic rings. The largest absolute Gasteiger partial charge is 0.270 e. The van der Waals surface area contributed by atoms with E-state index in [2.05, 4.69) is 0 Å². The highest BCUT2D eigenvalue weighted by Crippen LogP contribution is 2.20. The first-order valence-electron chi connectivity index (χ1n) is 6.76. The molecule has 0 unspecified atom stereocenters. The summed E-state index contributed by atoms with van der Waals surface area (Å²) in [5.74, 6) is 0.352. The first kappa shape index (κ1) is 15.9. The lowest BCUT2D eigenvalue weighted by Gasteiger charge is -2.23. The molecular weight excluding hydrogens is 306 g/mol. The van der Waals surface area contributed by atoms with E-state index >= 15 is 0 Å². The van der Waals surface area contributed by atoms with Crippen LogP contribution in [0.5, 0.6) is 0 Å². The van der Waals surface area contributed by atoms with E-state index in [1.165, 1.54) is 4.31 Å². The predicted molar refractivity (Wildman–Crippen MR) is 88.1 cm³/mol. The van der Waals surface area contributed by atoms with Gasteiger partial charge in [0, 0.05) is 12.4 Å². The van der Waals surface area contributed by atoms with E-state index in [0.717, 1.165) is 11.1 Å². The second-order valence-corrected chi connectivity index (χ2v) is 6.87. The maximum atomic E-state index is 12.6. The second kappa shape index (κ2) is 6.96. The summed E-state index contributed by atoms with van der Waals surface area (Å²) < 4.78 is 26.7. The van der Waals surface area contributed by atoms with Crippen LogP contribution in [0.4, 0.5) is 5.69 Å². The smallest absolute Gasteiger partial charge is 0.239 e. The van der Waals surface area contributed by atoms with Gasteiger partial charge in [-0.25, -0.2) is 8.42 Å². The van der Waals surface area contributed by atoms with Gasteiger partial charge in [0.2, 0.25) is 10.0 Å². The zero-order valence-corrected chi connectivity index (χ0v) is 13.4. The van der Waals surface area contributed by atoms with Gasteiger partial charge in [-0.05, 0) is 30.2 Å². The lowest BCUT2D eigenvalue weighted by Crippen LogP contribution is -2.31. The fourth-order valence-electron chi connectivity index (χ4n) is 2.23. The summed E-state index contributed by atoms with van der Waals surface area (Å²) in [7, 11) is -3.41. The van der Waals surface area contributed by atoms with E-state index in [1.807, 2.05) is 49.4 Å². The van der Waals surface area contributed by atoms with Crippen LogP contribution < -0.4 is 4.31 Å². The van der Waals surface area contributed by atoms with Crippen LogP contribution in [0.1, 0.15) is 18.1 Å². The average Bonchev–Trinajstić information content (AvgIpc) is 2.48. The third-order valence-corrected chi connectivity index (χ3v) is 5.31. The minimum atomic E-state index is -3.41. The van der Waals surface area contributed by atoms with Gasteiger partial charge in [-0.15, -0.1) is 11.6 Å². The van der Waals surface area contributed by atoms with Crippen molar-refractivity contribution in [3.8, 4) is 0 Å². The lowest BCUT2D eigenvalue weighted by atomic mass is 10.2. The molecule has 0 radical (unpaired) electrons. The van der Waals surface area contributed by atoms with Gasteiger partial charge in [-0.2, -0.15) is 0 Å². The molecule has 2 aromatic carbocycles.